The van der Waals surface area contributed by atoms with Crippen LogP contribution in [0.2, 0.25) is 0 Å². The third-order valence-corrected chi connectivity index (χ3v) is 13.7. The van der Waals surface area contributed by atoms with Crippen LogP contribution in [0.15, 0.2) is 60.7 Å². The highest BCUT2D eigenvalue weighted by atomic mass is 16.6. The molecule has 2 aromatic carbocycles. The molecule has 1 spiro atoms. The number of esters is 2. The van der Waals surface area contributed by atoms with E-state index in [-0.39, 0.29) is 29.9 Å². The average molecular weight is 678 g/mol. The molecule has 264 valence electrons. The van der Waals surface area contributed by atoms with Crippen LogP contribution >= 0.6 is 0 Å². The minimum Gasteiger partial charge on any atom is -0.455 e. The molecular weight excluding hydrogens is 630 g/mol. The Kier molecular flexibility index (Phi) is 7.85. The molecule has 11 nitrogen and oxygen atoms in total. The van der Waals surface area contributed by atoms with E-state index in [0.717, 1.165) is 12.8 Å². The summed E-state index contributed by atoms with van der Waals surface area (Å²) in [5.74, 6) is -3.23. The number of piperidine rings is 1. The number of carbonyl (C=O) groups excluding carboxylic acids is 2. The van der Waals surface area contributed by atoms with Crippen molar-refractivity contribution in [1.82, 2.24) is 4.90 Å². The van der Waals surface area contributed by atoms with Crippen LogP contribution in [-0.2, 0) is 28.4 Å². The van der Waals surface area contributed by atoms with Gasteiger partial charge in [-0.05, 0) is 56.5 Å². The van der Waals surface area contributed by atoms with Gasteiger partial charge in [0.1, 0.15) is 23.9 Å². The van der Waals surface area contributed by atoms with Gasteiger partial charge in [-0.15, -0.1) is 0 Å². The number of benzene rings is 2. The van der Waals surface area contributed by atoms with E-state index in [0.29, 0.717) is 24.3 Å². The zero-order valence-corrected chi connectivity index (χ0v) is 28.7. The first-order valence-corrected chi connectivity index (χ1v) is 17.3. The Balaban J connectivity index is 1.40. The Morgan fingerprint density at radius 1 is 0.878 bits per heavy atom. The lowest BCUT2D eigenvalue weighted by molar-refractivity contribution is -0.311. The summed E-state index contributed by atoms with van der Waals surface area (Å²) in [5.41, 5.74) is -3.83. The van der Waals surface area contributed by atoms with E-state index in [1.165, 1.54) is 7.11 Å². The second-order valence-corrected chi connectivity index (χ2v) is 15.4. The predicted molar refractivity (Wildman–Crippen MR) is 175 cm³/mol. The van der Waals surface area contributed by atoms with Gasteiger partial charge >= 0.3 is 11.9 Å². The highest BCUT2D eigenvalue weighted by Crippen LogP contribution is 2.80. The molecule has 0 amide bonds. The molecule has 8 rings (SSSR count). The molecule has 1 aliphatic heterocycles. The lowest BCUT2D eigenvalue weighted by Crippen LogP contribution is -2.80. The fourth-order valence-corrected chi connectivity index (χ4v) is 12.8. The molecule has 0 aromatic heterocycles. The number of hydrogen-bond acceptors (Lipinski definition) is 11. The van der Waals surface area contributed by atoms with E-state index >= 15 is 0 Å². The van der Waals surface area contributed by atoms with Crippen molar-refractivity contribution in [3.8, 4) is 0 Å². The summed E-state index contributed by atoms with van der Waals surface area (Å²) in [4.78, 5) is 30.6. The van der Waals surface area contributed by atoms with E-state index in [2.05, 4.69) is 11.9 Å². The molecule has 2 aromatic rings. The van der Waals surface area contributed by atoms with Crippen molar-refractivity contribution >= 4 is 11.9 Å². The Morgan fingerprint density at radius 3 is 2.12 bits per heavy atom. The number of likely N-dealkylation sites (tertiary alicyclic amines) is 1. The number of aliphatic hydroxyl groups is 2. The maximum atomic E-state index is 14.4. The van der Waals surface area contributed by atoms with E-state index in [9.17, 15) is 19.8 Å². The summed E-state index contributed by atoms with van der Waals surface area (Å²) >= 11 is 0. The normalized spacial score (nSPS) is 45.9. The predicted octanol–water partition coefficient (Wildman–Crippen LogP) is 2.58. The maximum absolute atomic E-state index is 14.4. The number of carbonyl (C=O) groups is 2. The van der Waals surface area contributed by atoms with Crippen LogP contribution in [0.25, 0.3) is 0 Å². The number of rotatable bonds is 9. The number of methoxy groups -OCH3 is 4. The first-order valence-electron chi connectivity index (χ1n) is 17.3. The number of ether oxygens (including phenoxy) is 6. The van der Waals surface area contributed by atoms with Gasteiger partial charge in [0.25, 0.3) is 0 Å². The highest BCUT2D eigenvalue weighted by Gasteiger charge is 2.91. The number of nitrogens with zero attached hydrogens (tertiary/aromatic N) is 1. The SMILES string of the molecule is COC[C@@]12CC[C@H](OC)[C@@]34[C@@H]5C[C@@]6(O)[C@H](OC(=O)c7ccccc7)[C@@H]5[C@@](OC(=O)c5ccccc5)([C@@H]([C@H](OC)[C@H]13)[C@@H]4N(C)C2)[C@@H](O)[C@@H]6OC. The third-order valence-electron chi connectivity index (χ3n) is 13.7. The van der Waals surface area contributed by atoms with Crippen LogP contribution in [0.3, 0.4) is 0 Å². The Hall–Kier alpha value is -2.90. The van der Waals surface area contributed by atoms with Crippen molar-refractivity contribution in [3.63, 3.8) is 0 Å². The van der Waals surface area contributed by atoms with Crippen molar-refractivity contribution in [2.45, 2.75) is 67.0 Å². The molecule has 0 radical (unpaired) electrons. The van der Waals surface area contributed by atoms with Crippen molar-refractivity contribution in [2.24, 2.45) is 34.5 Å². The number of hydrogen-bond donors (Lipinski definition) is 2. The van der Waals surface area contributed by atoms with Gasteiger partial charge in [0.2, 0.25) is 0 Å². The van der Waals surface area contributed by atoms with Gasteiger partial charge in [-0.2, -0.15) is 0 Å². The summed E-state index contributed by atoms with van der Waals surface area (Å²) in [7, 11) is 8.65. The van der Waals surface area contributed by atoms with Gasteiger partial charge in [-0.25, -0.2) is 9.59 Å². The van der Waals surface area contributed by atoms with Gasteiger partial charge in [-0.3, -0.25) is 0 Å². The third kappa shape index (κ3) is 4.03. The van der Waals surface area contributed by atoms with Gasteiger partial charge < -0.3 is 43.5 Å². The van der Waals surface area contributed by atoms with Crippen LogP contribution in [0.1, 0.15) is 40.0 Å². The van der Waals surface area contributed by atoms with Crippen molar-refractivity contribution < 1.29 is 48.2 Å². The molecule has 1 saturated heterocycles. The van der Waals surface area contributed by atoms with Crippen molar-refractivity contribution in [1.29, 1.82) is 0 Å². The van der Waals surface area contributed by atoms with Crippen LogP contribution in [-0.4, -0.2) is 123 Å². The quantitative estimate of drug-likeness (QED) is 0.380. The van der Waals surface area contributed by atoms with Gasteiger partial charge in [0, 0.05) is 69.6 Å². The second-order valence-electron chi connectivity index (χ2n) is 15.4. The molecule has 11 heteroatoms. The van der Waals surface area contributed by atoms with Crippen molar-refractivity contribution in [3.05, 3.63) is 71.8 Å². The van der Waals surface area contributed by atoms with Crippen LogP contribution in [0, 0.1) is 34.5 Å². The van der Waals surface area contributed by atoms with Gasteiger partial charge in [-0.1, -0.05) is 36.4 Å². The smallest absolute Gasteiger partial charge is 0.338 e. The van der Waals surface area contributed by atoms with Gasteiger partial charge in [0.15, 0.2) is 5.60 Å². The summed E-state index contributed by atoms with van der Waals surface area (Å²) in [6.45, 7) is 1.19. The summed E-state index contributed by atoms with van der Waals surface area (Å²) in [5, 5.41) is 25.7. The molecule has 49 heavy (non-hydrogen) atoms. The molecule has 7 bridgehead atoms. The molecule has 5 aliphatic carbocycles. The Bertz CT molecular complexity index is 1590. The van der Waals surface area contributed by atoms with Crippen LogP contribution in [0.4, 0.5) is 0 Å². The van der Waals surface area contributed by atoms with Gasteiger partial charge in [0.05, 0.1) is 29.9 Å². The zero-order chi connectivity index (χ0) is 34.5. The fraction of sp³-hybridized carbons (Fsp3) is 0.632. The standard InChI is InChI=1S/C38H47NO10/c1-39-19-35(20-44-2)17-16-24(45-3)37-23-18-36(43)31(48-33(41)21-12-8-6-9-13-21)25(23)38(30(40)32(36)47-5,26(29(37)39)27(46-4)28(35)37)49-34(42)22-14-10-7-11-15-22/h6-15,23-32,40,43H,16-20H2,1-5H3/t23-,24+,25-,26+,27+,28-,29+,30+,31-,32+,35+,36-,37+,38-/m1/s1. The monoisotopic (exact) mass is 677 g/mol. The Labute approximate surface area is 286 Å². The average Bonchev–Trinajstić information content (AvgIpc) is 3.50. The molecule has 2 N–H and O–H groups in total. The lowest BCUT2D eigenvalue weighted by Gasteiger charge is -2.69. The summed E-state index contributed by atoms with van der Waals surface area (Å²) in [6, 6.07) is 17.1. The number of aliphatic hydroxyl groups excluding tert-OH is 1. The van der Waals surface area contributed by atoms with E-state index in [1.54, 1.807) is 69.9 Å². The first-order chi connectivity index (χ1) is 23.6. The second kappa shape index (κ2) is 11.6. The first kappa shape index (κ1) is 33.3. The summed E-state index contributed by atoms with van der Waals surface area (Å²) < 4.78 is 38.3. The fourth-order valence-electron chi connectivity index (χ4n) is 12.8. The molecule has 6 aliphatic rings. The summed E-state index contributed by atoms with van der Waals surface area (Å²) in [6.07, 6.45) is -2.95. The molecule has 5 saturated carbocycles. The lowest BCUT2D eigenvalue weighted by atomic mass is 9.43. The zero-order valence-electron chi connectivity index (χ0n) is 28.7. The minimum atomic E-state index is -1.80. The van der Waals surface area contributed by atoms with Crippen molar-refractivity contribution in [2.75, 3.05) is 48.6 Å². The van der Waals surface area contributed by atoms with Crippen LogP contribution in [0.5, 0.6) is 0 Å². The Morgan fingerprint density at radius 2 is 1.53 bits per heavy atom. The largest absolute Gasteiger partial charge is 0.455 e. The van der Waals surface area contributed by atoms with Crippen LogP contribution < -0.4 is 0 Å². The molecule has 1 heterocycles. The highest BCUT2D eigenvalue weighted by molar-refractivity contribution is 5.90. The molecule has 14 atom stereocenters. The van der Waals surface area contributed by atoms with E-state index < -0.39 is 70.7 Å². The topological polar surface area (TPSA) is 133 Å². The minimum absolute atomic E-state index is 0.136. The number of fused-ring (bicyclic) bond motifs is 2. The van der Waals surface area contributed by atoms with E-state index in [4.69, 9.17) is 28.4 Å². The molecule has 0 unspecified atom stereocenters. The van der Waals surface area contributed by atoms with E-state index in [1.807, 2.05) is 12.1 Å². The molecule has 6 fully saturated rings. The maximum Gasteiger partial charge on any atom is 0.338 e. The molecular formula is C38H47NO10.